The number of hydrogen-bond acceptors (Lipinski definition) is 4. The van der Waals surface area contributed by atoms with E-state index in [0.717, 1.165) is 50.8 Å². The van der Waals surface area contributed by atoms with E-state index in [0.29, 0.717) is 0 Å². The highest BCUT2D eigenvalue weighted by molar-refractivity contribution is 7.92. The van der Waals surface area contributed by atoms with Gasteiger partial charge in [-0.25, -0.2) is 4.79 Å². The average molecular weight is 424 g/mol. The van der Waals surface area contributed by atoms with E-state index in [4.69, 9.17) is 11.6 Å². The van der Waals surface area contributed by atoms with Crippen molar-refractivity contribution in [1.29, 1.82) is 0 Å². The Morgan fingerprint density at radius 2 is 2.14 bits per heavy atom. The number of fused-ring (bicyclic) bond motifs is 1. The Hall–Kier alpha value is -1.41. The Morgan fingerprint density at radius 1 is 1.32 bits per heavy atom. The Labute approximate surface area is 173 Å². The van der Waals surface area contributed by atoms with Crippen LogP contribution in [0.5, 0.6) is 5.75 Å². The van der Waals surface area contributed by atoms with Gasteiger partial charge in [0.05, 0.1) is 22.8 Å². The average Bonchev–Trinajstić information content (AvgIpc) is 3.35. The fourth-order valence-corrected chi connectivity index (χ4v) is 6.78. The summed E-state index contributed by atoms with van der Waals surface area (Å²) in [5.41, 5.74) is 1.37. The molecule has 1 aromatic carbocycles. The molecule has 0 radical (unpaired) electrons. The summed E-state index contributed by atoms with van der Waals surface area (Å²) < 4.78 is 13.3. The molecule has 3 aliphatic rings. The van der Waals surface area contributed by atoms with Gasteiger partial charge in [0.25, 0.3) is 0 Å². The number of hydrogen-bond donors (Lipinski definition) is 3. The molecule has 0 saturated carbocycles. The van der Waals surface area contributed by atoms with Crippen molar-refractivity contribution in [3.05, 3.63) is 28.8 Å². The second-order valence-electron chi connectivity index (χ2n) is 7.82. The van der Waals surface area contributed by atoms with Gasteiger partial charge in [-0.3, -0.25) is 4.90 Å². The normalized spacial score (nSPS) is 28.1. The zero-order valence-corrected chi connectivity index (χ0v) is 17.5. The molecule has 2 fully saturated rings. The number of aromatic hydroxyl groups is 1. The molecule has 6 nitrogen and oxygen atoms in total. The van der Waals surface area contributed by atoms with Gasteiger partial charge in [-0.15, -0.1) is 0 Å². The second-order valence-corrected chi connectivity index (χ2v) is 9.84. The Kier molecular flexibility index (Phi) is 5.78. The molecular formula is C20H26ClN3O3S. The molecule has 8 heteroatoms. The molecule has 0 aromatic heterocycles. The van der Waals surface area contributed by atoms with Crippen molar-refractivity contribution in [3.63, 3.8) is 0 Å². The number of carbonyl (C=O) groups excluding carboxylic acids is 1. The van der Waals surface area contributed by atoms with Crippen molar-refractivity contribution < 1.29 is 14.5 Å². The van der Waals surface area contributed by atoms with Crippen molar-refractivity contribution in [1.82, 2.24) is 10.2 Å². The lowest BCUT2D eigenvalue weighted by Crippen LogP contribution is -2.37. The van der Waals surface area contributed by atoms with Crippen molar-refractivity contribution in [3.8, 4) is 5.75 Å². The third-order valence-electron chi connectivity index (χ3n) is 6.13. The number of nitrogens with zero attached hydrogens (tertiary/aromatic N) is 1. The number of phenols is 1. The Bertz CT molecular complexity index is 803. The van der Waals surface area contributed by atoms with Crippen LogP contribution in [0.15, 0.2) is 28.7 Å². The van der Waals surface area contributed by atoms with Crippen molar-refractivity contribution in [2.75, 3.05) is 18.4 Å². The maximum atomic E-state index is 13.3. The van der Waals surface area contributed by atoms with Crippen molar-refractivity contribution in [2.24, 2.45) is 0 Å². The molecule has 0 spiro atoms. The standard InChI is InChI=1S/C20H26ClN3O3S/c1-12-4-2-5-14(12)22-20(26)23-15-8-7-13(21)19(18(15)25)28(27)17-9-11-24-10-3-6-16(17)24/h4,7-8,14,16-17,25H,2-3,5-6,9-11H2,1H3,(H2,22,23,26). The molecule has 1 aliphatic carbocycles. The number of nitrogens with one attached hydrogen (secondary N) is 2. The van der Waals surface area contributed by atoms with E-state index in [-0.39, 0.29) is 38.7 Å². The van der Waals surface area contributed by atoms with Gasteiger partial charge in [0.2, 0.25) is 4.90 Å². The highest BCUT2D eigenvalue weighted by Gasteiger charge is 2.46. The van der Waals surface area contributed by atoms with E-state index in [2.05, 4.69) is 21.6 Å². The summed E-state index contributed by atoms with van der Waals surface area (Å²) in [6.07, 6.45) is 6.92. The van der Waals surface area contributed by atoms with Gasteiger partial charge in [-0.1, -0.05) is 23.3 Å². The molecule has 2 amide bonds. The van der Waals surface area contributed by atoms with Gasteiger partial charge in [-0.2, -0.15) is 0 Å². The van der Waals surface area contributed by atoms with Crippen LogP contribution < -0.4 is 10.6 Å². The van der Waals surface area contributed by atoms with E-state index < -0.39 is 17.2 Å². The first-order chi connectivity index (χ1) is 13.5. The van der Waals surface area contributed by atoms with Gasteiger partial charge in [0, 0.05) is 13.0 Å². The maximum absolute atomic E-state index is 13.3. The molecular weight excluding hydrogens is 398 g/mol. The minimum Gasteiger partial charge on any atom is -0.611 e. The maximum Gasteiger partial charge on any atom is 0.319 e. The Balaban J connectivity index is 1.51. The number of carbonyl (C=O) groups is 1. The minimum atomic E-state index is -1.43. The third kappa shape index (κ3) is 3.73. The highest BCUT2D eigenvalue weighted by atomic mass is 35.5. The molecule has 4 unspecified atom stereocenters. The van der Waals surface area contributed by atoms with Crippen LogP contribution in [-0.2, 0) is 11.2 Å². The van der Waals surface area contributed by atoms with Crippen LogP contribution in [-0.4, -0.2) is 51.0 Å². The zero-order chi connectivity index (χ0) is 19.8. The topological polar surface area (TPSA) is 87.7 Å². The second kappa shape index (κ2) is 8.14. The number of amides is 2. The summed E-state index contributed by atoms with van der Waals surface area (Å²) >= 11 is 4.88. The number of allylic oxidation sites excluding steroid dienone is 1. The fourth-order valence-electron chi connectivity index (χ4n) is 4.63. The minimum absolute atomic E-state index is 0.00915. The van der Waals surface area contributed by atoms with Gasteiger partial charge < -0.3 is 20.3 Å². The van der Waals surface area contributed by atoms with E-state index in [1.807, 2.05) is 6.92 Å². The third-order valence-corrected chi connectivity index (χ3v) is 8.47. The van der Waals surface area contributed by atoms with Crippen LogP contribution in [0.25, 0.3) is 0 Å². The molecule has 2 heterocycles. The first-order valence-corrected chi connectivity index (χ1v) is 11.4. The predicted molar refractivity (Wildman–Crippen MR) is 111 cm³/mol. The van der Waals surface area contributed by atoms with E-state index in [9.17, 15) is 14.5 Å². The van der Waals surface area contributed by atoms with Crippen LogP contribution in [0.3, 0.4) is 0 Å². The molecule has 4 rings (SSSR count). The van der Waals surface area contributed by atoms with Gasteiger partial charge in [0.1, 0.15) is 5.25 Å². The summed E-state index contributed by atoms with van der Waals surface area (Å²) in [5.74, 6) is -0.198. The van der Waals surface area contributed by atoms with Crippen LogP contribution in [0.4, 0.5) is 10.5 Å². The molecule has 1 aromatic rings. The number of anilines is 1. The van der Waals surface area contributed by atoms with E-state index in [1.165, 1.54) is 0 Å². The van der Waals surface area contributed by atoms with E-state index >= 15 is 0 Å². The van der Waals surface area contributed by atoms with Crippen molar-refractivity contribution in [2.45, 2.75) is 61.3 Å². The van der Waals surface area contributed by atoms with Gasteiger partial charge in [0.15, 0.2) is 5.75 Å². The predicted octanol–water partition coefficient (Wildman–Crippen LogP) is 3.62. The largest absolute Gasteiger partial charge is 0.611 e. The van der Waals surface area contributed by atoms with E-state index in [1.54, 1.807) is 12.1 Å². The summed E-state index contributed by atoms with van der Waals surface area (Å²) in [4.78, 5) is 15.0. The number of halogens is 1. The van der Waals surface area contributed by atoms with Crippen LogP contribution in [0.2, 0.25) is 5.02 Å². The van der Waals surface area contributed by atoms with Crippen LogP contribution in [0.1, 0.15) is 39.0 Å². The molecule has 2 saturated heterocycles. The summed E-state index contributed by atoms with van der Waals surface area (Å²) in [7, 11) is 0. The van der Waals surface area contributed by atoms with Gasteiger partial charge >= 0.3 is 6.03 Å². The molecule has 28 heavy (non-hydrogen) atoms. The fraction of sp³-hybridized carbons (Fsp3) is 0.550. The van der Waals surface area contributed by atoms with Crippen LogP contribution >= 0.6 is 11.6 Å². The zero-order valence-electron chi connectivity index (χ0n) is 15.9. The van der Waals surface area contributed by atoms with Crippen LogP contribution in [0, 0.1) is 0 Å². The molecule has 4 atom stereocenters. The molecule has 0 bridgehead atoms. The number of phenolic OH excluding ortho intramolecular Hbond substituents is 1. The molecule has 152 valence electrons. The summed E-state index contributed by atoms with van der Waals surface area (Å²) in [5, 5.41) is 16.6. The Morgan fingerprint density at radius 3 is 2.89 bits per heavy atom. The SMILES string of the molecule is CC1=CCCC1NC(=O)Nc1ccc(Cl)c([S+]([O-])C2CCN3CCCC23)c1O. The van der Waals surface area contributed by atoms with Gasteiger partial charge in [-0.05, 0) is 62.5 Å². The molecule has 2 aliphatic heterocycles. The number of urea groups is 1. The van der Waals surface area contributed by atoms with Crippen molar-refractivity contribution >= 4 is 34.5 Å². The monoisotopic (exact) mass is 423 g/mol. The molecule has 3 N–H and O–H groups in total. The first kappa shape index (κ1) is 19.9. The summed E-state index contributed by atoms with van der Waals surface area (Å²) in [6.45, 7) is 3.98. The first-order valence-electron chi connectivity index (χ1n) is 9.86. The number of rotatable bonds is 4. The smallest absolute Gasteiger partial charge is 0.319 e. The highest BCUT2D eigenvalue weighted by Crippen LogP contribution is 2.43. The quantitative estimate of drug-likeness (QED) is 0.392. The summed E-state index contributed by atoms with van der Waals surface area (Å²) in [6, 6.07) is 3.04. The lowest BCUT2D eigenvalue weighted by Gasteiger charge is -2.24. The lowest BCUT2D eigenvalue weighted by molar-refractivity contribution is 0.249. The lowest BCUT2D eigenvalue weighted by atomic mass is 10.1. The number of benzene rings is 1.